The molecule has 4 nitrogen and oxygen atoms in total. The molecule has 0 atom stereocenters. The molecule has 1 N–H and O–H groups in total. The van der Waals surface area contributed by atoms with E-state index < -0.39 is 0 Å². The van der Waals surface area contributed by atoms with Crippen LogP contribution in [-0.4, -0.2) is 35.0 Å². The highest BCUT2D eigenvalue weighted by Gasteiger charge is 2.24. The highest BCUT2D eigenvalue weighted by molar-refractivity contribution is 5.92. The van der Waals surface area contributed by atoms with Crippen molar-refractivity contribution in [3.63, 3.8) is 0 Å². The Balaban J connectivity index is 1.46. The second-order valence-corrected chi connectivity index (χ2v) is 5.37. The molecule has 0 saturated carbocycles. The maximum atomic E-state index is 12.2. The Labute approximate surface area is 124 Å². The van der Waals surface area contributed by atoms with Crippen LogP contribution in [0.1, 0.15) is 28.9 Å². The average Bonchev–Trinajstić information content (AvgIpc) is 3.08. The monoisotopic (exact) mass is 284 g/mol. The van der Waals surface area contributed by atoms with Gasteiger partial charge in [-0.2, -0.15) is 0 Å². The van der Waals surface area contributed by atoms with E-state index in [-0.39, 0.29) is 12.0 Å². The summed E-state index contributed by atoms with van der Waals surface area (Å²) in [4.78, 5) is 17.1. The van der Waals surface area contributed by atoms with E-state index in [0.717, 1.165) is 25.9 Å². The molecule has 110 valence electrons. The first kappa shape index (κ1) is 13.9. The third-order valence-electron chi connectivity index (χ3n) is 3.89. The number of rotatable bonds is 4. The Bertz CT molecular complexity index is 558. The van der Waals surface area contributed by atoms with Crippen LogP contribution < -0.4 is 0 Å². The third kappa shape index (κ3) is 3.52. The number of H-pyrrole nitrogens is 1. The largest absolute Gasteiger partial charge is 0.373 e. The standard InChI is InChI=1S/C17H20N2O2/c20-17(16-7-4-10-18-16)19-11-8-15(9-12-19)21-13-14-5-2-1-3-6-14/h1-7,10,15,18H,8-9,11-13H2. The summed E-state index contributed by atoms with van der Waals surface area (Å²) in [5.74, 6) is 0.0847. The van der Waals surface area contributed by atoms with Gasteiger partial charge in [0.1, 0.15) is 5.69 Å². The van der Waals surface area contributed by atoms with Crippen molar-refractivity contribution >= 4 is 5.91 Å². The van der Waals surface area contributed by atoms with Crippen molar-refractivity contribution in [2.75, 3.05) is 13.1 Å². The predicted molar refractivity (Wildman–Crippen MR) is 80.9 cm³/mol. The lowest BCUT2D eigenvalue weighted by Gasteiger charge is -2.31. The van der Waals surface area contributed by atoms with Crippen molar-refractivity contribution in [1.82, 2.24) is 9.88 Å². The zero-order chi connectivity index (χ0) is 14.5. The van der Waals surface area contributed by atoms with E-state index in [1.54, 1.807) is 6.20 Å². The van der Waals surface area contributed by atoms with E-state index in [1.165, 1.54) is 5.56 Å². The fourth-order valence-electron chi connectivity index (χ4n) is 2.65. The summed E-state index contributed by atoms with van der Waals surface area (Å²) in [5.41, 5.74) is 1.86. The van der Waals surface area contributed by atoms with Gasteiger partial charge in [0.2, 0.25) is 0 Å². The lowest BCUT2D eigenvalue weighted by molar-refractivity contribution is -0.000493. The van der Waals surface area contributed by atoms with Crippen LogP contribution in [0, 0.1) is 0 Å². The SMILES string of the molecule is O=C(c1ccc[nH]1)N1CCC(OCc2ccccc2)CC1. The maximum Gasteiger partial charge on any atom is 0.270 e. The van der Waals surface area contributed by atoms with Crippen molar-refractivity contribution in [1.29, 1.82) is 0 Å². The molecule has 2 aromatic rings. The van der Waals surface area contributed by atoms with E-state index in [4.69, 9.17) is 4.74 Å². The quantitative estimate of drug-likeness (QED) is 0.938. The van der Waals surface area contributed by atoms with Gasteiger partial charge < -0.3 is 14.6 Å². The summed E-state index contributed by atoms with van der Waals surface area (Å²) in [7, 11) is 0. The summed E-state index contributed by atoms with van der Waals surface area (Å²) in [6.07, 6.45) is 3.83. The van der Waals surface area contributed by atoms with Gasteiger partial charge in [0.25, 0.3) is 5.91 Å². The van der Waals surface area contributed by atoms with E-state index in [2.05, 4.69) is 17.1 Å². The van der Waals surface area contributed by atoms with Crippen LogP contribution in [0.15, 0.2) is 48.7 Å². The van der Waals surface area contributed by atoms with Crippen molar-refractivity contribution in [3.05, 3.63) is 59.9 Å². The normalized spacial score (nSPS) is 16.1. The average molecular weight is 284 g/mol. The van der Waals surface area contributed by atoms with Gasteiger partial charge in [-0.3, -0.25) is 4.79 Å². The first-order valence-electron chi connectivity index (χ1n) is 7.41. The van der Waals surface area contributed by atoms with Crippen molar-refractivity contribution < 1.29 is 9.53 Å². The van der Waals surface area contributed by atoms with E-state index in [0.29, 0.717) is 12.3 Å². The molecule has 1 aliphatic heterocycles. The van der Waals surface area contributed by atoms with Crippen molar-refractivity contribution in [3.8, 4) is 0 Å². The molecule has 1 saturated heterocycles. The second-order valence-electron chi connectivity index (χ2n) is 5.37. The number of likely N-dealkylation sites (tertiary alicyclic amines) is 1. The highest BCUT2D eigenvalue weighted by Crippen LogP contribution is 2.17. The molecule has 1 fully saturated rings. The number of aromatic nitrogens is 1. The molecule has 0 unspecified atom stereocenters. The number of nitrogens with zero attached hydrogens (tertiary/aromatic N) is 1. The Morgan fingerprint density at radius 1 is 1.14 bits per heavy atom. The van der Waals surface area contributed by atoms with Gasteiger partial charge in [-0.05, 0) is 30.5 Å². The topological polar surface area (TPSA) is 45.3 Å². The Hall–Kier alpha value is -2.07. The summed E-state index contributed by atoms with van der Waals surface area (Å²) in [6.45, 7) is 2.17. The van der Waals surface area contributed by atoms with Gasteiger partial charge in [0, 0.05) is 19.3 Å². The van der Waals surface area contributed by atoms with Gasteiger partial charge in [0.05, 0.1) is 12.7 Å². The number of aromatic amines is 1. The number of ether oxygens (including phenoxy) is 1. The zero-order valence-corrected chi connectivity index (χ0v) is 12.0. The Kier molecular flexibility index (Phi) is 4.36. The first-order valence-corrected chi connectivity index (χ1v) is 7.41. The number of carbonyl (C=O) groups is 1. The maximum absolute atomic E-state index is 12.2. The number of hydrogen-bond acceptors (Lipinski definition) is 2. The molecule has 21 heavy (non-hydrogen) atoms. The van der Waals surface area contributed by atoms with E-state index >= 15 is 0 Å². The van der Waals surface area contributed by atoms with Gasteiger partial charge in [0.15, 0.2) is 0 Å². The summed E-state index contributed by atoms with van der Waals surface area (Å²) < 4.78 is 5.94. The lowest BCUT2D eigenvalue weighted by atomic mass is 10.1. The second kappa shape index (κ2) is 6.59. The van der Waals surface area contributed by atoms with Crippen LogP contribution in [0.5, 0.6) is 0 Å². The minimum absolute atomic E-state index is 0.0847. The number of piperidine rings is 1. The summed E-state index contributed by atoms with van der Waals surface area (Å²) >= 11 is 0. The summed E-state index contributed by atoms with van der Waals surface area (Å²) in [6, 6.07) is 13.9. The van der Waals surface area contributed by atoms with Gasteiger partial charge >= 0.3 is 0 Å². The van der Waals surface area contributed by atoms with E-state index in [1.807, 2.05) is 35.2 Å². The smallest absolute Gasteiger partial charge is 0.270 e. The Morgan fingerprint density at radius 2 is 1.90 bits per heavy atom. The minimum atomic E-state index is 0.0847. The molecule has 0 radical (unpaired) electrons. The molecule has 4 heteroatoms. The minimum Gasteiger partial charge on any atom is -0.373 e. The van der Waals surface area contributed by atoms with Crippen LogP contribution in [0.4, 0.5) is 0 Å². The molecule has 1 aromatic carbocycles. The van der Waals surface area contributed by atoms with Gasteiger partial charge in [-0.1, -0.05) is 30.3 Å². The zero-order valence-electron chi connectivity index (χ0n) is 12.0. The molecular weight excluding hydrogens is 264 g/mol. The molecule has 0 aliphatic carbocycles. The molecule has 1 aromatic heterocycles. The van der Waals surface area contributed by atoms with Crippen LogP contribution in [-0.2, 0) is 11.3 Å². The number of benzene rings is 1. The molecule has 0 bridgehead atoms. The molecule has 3 rings (SSSR count). The Morgan fingerprint density at radius 3 is 2.57 bits per heavy atom. The summed E-state index contributed by atoms with van der Waals surface area (Å²) in [5, 5.41) is 0. The number of hydrogen-bond donors (Lipinski definition) is 1. The van der Waals surface area contributed by atoms with Gasteiger partial charge in [-0.25, -0.2) is 0 Å². The van der Waals surface area contributed by atoms with Crippen molar-refractivity contribution in [2.24, 2.45) is 0 Å². The van der Waals surface area contributed by atoms with Gasteiger partial charge in [-0.15, -0.1) is 0 Å². The number of carbonyl (C=O) groups excluding carboxylic acids is 1. The van der Waals surface area contributed by atoms with Crippen LogP contribution in [0.2, 0.25) is 0 Å². The highest BCUT2D eigenvalue weighted by atomic mass is 16.5. The third-order valence-corrected chi connectivity index (χ3v) is 3.89. The number of nitrogens with one attached hydrogen (secondary N) is 1. The number of amides is 1. The fraction of sp³-hybridized carbons (Fsp3) is 0.353. The van der Waals surface area contributed by atoms with Crippen LogP contribution >= 0.6 is 0 Å². The predicted octanol–water partition coefficient (Wildman–Crippen LogP) is 2.84. The molecule has 1 aliphatic rings. The van der Waals surface area contributed by atoms with Crippen LogP contribution in [0.3, 0.4) is 0 Å². The fourth-order valence-corrected chi connectivity index (χ4v) is 2.65. The molecule has 1 amide bonds. The molecule has 2 heterocycles. The lowest BCUT2D eigenvalue weighted by Crippen LogP contribution is -2.41. The van der Waals surface area contributed by atoms with Crippen molar-refractivity contribution in [2.45, 2.75) is 25.6 Å². The molecule has 0 spiro atoms. The van der Waals surface area contributed by atoms with E-state index in [9.17, 15) is 4.79 Å². The first-order chi connectivity index (χ1) is 10.3. The molecular formula is C17H20N2O2. The van der Waals surface area contributed by atoms with Crippen LogP contribution in [0.25, 0.3) is 0 Å².